The van der Waals surface area contributed by atoms with Crippen LogP contribution in [0.15, 0.2) is 53.4 Å². The van der Waals surface area contributed by atoms with Gasteiger partial charge in [-0.3, -0.25) is 4.72 Å². The number of anilines is 1. The van der Waals surface area contributed by atoms with Crippen LogP contribution in [0.5, 0.6) is 0 Å². The molecule has 0 aromatic heterocycles. The molecule has 0 aliphatic rings. The summed E-state index contributed by atoms with van der Waals surface area (Å²) in [5, 5.41) is 0. The van der Waals surface area contributed by atoms with E-state index in [0.29, 0.717) is 12.2 Å². The van der Waals surface area contributed by atoms with Crippen LogP contribution < -0.4 is 10.5 Å². The van der Waals surface area contributed by atoms with Gasteiger partial charge in [0, 0.05) is 5.69 Å². The highest BCUT2D eigenvalue weighted by atomic mass is 32.2. The Kier molecular flexibility index (Phi) is 4.42. The second-order valence-corrected chi connectivity index (χ2v) is 6.34. The molecule has 106 valence electrons. The molecule has 0 spiro atoms. The van der Waals surface area contributed by atoms with Gasteiger partial charge in [-0.25, -0.2) is 8.42 Å². The van der Waals surface area contributed by atoms with Crippen LogP contribution in [0.4, 0.5) is 5.69 Å². The van der Waals surface area contributed by atoms with Crippen molar-refractivity contribution < 1.29 is 8.42 Å². The summed E-state index contributed by atoms with van der Waals surface area (Å²) in [5.74, 6) is 0. The summed E-state index contributed by atoms with van der Waals surface area (Å²) in [6, 6.07) is 14.1. The van der Waals surface area contributed by atoms with E-state index in [4.69, 9.17) is 5.73 Å². The third kappa shape index (κ3) is 3.59. The first kappa shape index (κ1) is 14.6. The van der Waals surface area contributed by atoms with Gasteiger partial charge in [-0.05, 0) is 55.3 Å². The zero-order chi connectivity index (χ0) is 14.6. The molecule has 0 atom stereocenters. The van der Waals surface area contributed by atoms with E-state index in [9.17, 15) is 8.42 Å². The van der Waals surface area contributed by atoms with Crippen LogP contribution in [0.1, 0.15) is 11.1 Å². The van der Waals surface area contributed by atoms with Gasteiger partial charge in [0.15, 0.2) is 0 Å². The minimum Gasteiger partial charge on any atom is -0.330 e. The molecule has 3 N–H and O–H groups in total. The first-order valence-corrected chi connectivity index (χ1v) is 7.88. The van der Waals surface area contributed by atoms with E-state index in [1.54, 1.807) is 30.3 Å². The van der Waals surface area contributed by atoms with Gasteiger partial charge in [-0.2, -0.15) is 0 Å². The van der Waals surface area contributed by atoms with E-state index in [1.165, 1.54) is 0 Å². The molecule has 0 saturated carbocycles. The highest BCUT2D eigenvalue weighted by Crippen LogP contribution is 2.17. The van der Waals surface area contributed by atoms with Gasteiger partial charge in [-0.15, -0.1) is 0 Å². The monoisotopic (exact) mass is 290 g/mol. The Bertz CT molecular complexity index is 679. The summed E-state index contributed by atoms with van der Waals surface area (Å²) in [4.78, 5) is 0.267. The molecule has 0 heterocycles. The van der Waals surface area contributed by atoms with E-state index >= 15 is 0 Å². The predicted octanol–water partition coefficient (Wildman–Crippen LogP) is 2.30. The second-order valence-electron chi connectivity index (χ2n) is 4.66. The molecule has 0 bridgehead atoms. The lowest BCUT2D eigenvalue weighted by molar-refractivity contribution is 0.601. The maximum atomic E-state index is 12.2. The highest BCUT2D eigenvalue weighted by Gasteiger charge is 2.13. The summed E-state index contributed by atoms with van der Waals surface area (Å²) < 4.78 is 27.0. The average molecular weight is 290 g/mol. The number of rotatable bonds is 5. The van der Waals surface area contributed by atoms with E-state index in [0.717, 1.165) is 17.5 Å². The smallest absolute Gasteiger partial charge is 0.261 e. The second kappa shape index (κ2) is 6.07. The lowest BCUT2D eigenvalue weighted by Gasteiger charge is -2.09. The third-order valence-electron chi connectivity index (χ3n) is 2.94. The van der Waals surface area contributed by atoms with Crippen LogP contribution in [0.25, 0.3) is 0 Å². The van der Waals surface area contributed by atoms with Gasteiger partial charge in [0.25, 0.3) is 10.0 Å². The van der Waals surface area contributed by atoms with Crippen molar-refractivity contribution in [3.8, 4) is 0 Å². The molecule has 2 aromatic rings. The minimum atomic E-state index is -3.54. The fraction of sp³-hybridized carbons (Fsp3) is 0.200. The number of aryl methyl sites for hydroxylation is 1. The van der Waals surface area contributed by atoms with Crippen molar-refractivity contribution in [3.63, 3.8) is 0 Å². The number of hydrogen-bond donors (Lipinski definition) is 2. The van der Waals surface area contributed by atoms with Gasteiger partial charge in [-0.1, -0.05) is 24.3 Å². The van der Waals surface area contributed by atoms with Gasteiger partial charge in [0.05, 0.1) is 4.90 Å². The van der Waals surface area contributed by atoms with Crippen molar-refractivity contribution in [2.45, 2.75) is 18.2 Å². The lowest BCUT2D eigenvalue weighted by atomic mass is 10.1. The van der Waals surface area contributed by atoms with Gasteiger partial charge in [0.2, 0.25) is 0 Å². The molecule has 0 fully saturated rings. The number of nitrogens with one attached hydrogen (secondary N) is 1. The van der Waals surface area contributed by atoms with E-state index in [1.807, 2.05) is 25.1 Å². The fourth-order valence-corrected chi connectivity index (χ4v) is 3.07. The maximum Gasteiger partial charge on any atom is 0.261 e. The van der Waals surface area contributed by atoms with Crippen molar-refractivity contribution in [1.29, 1.82) is 0 Å². The lowest BCUT2D eigenvalue weighted by Crippen LogP contribution is -2.13. The van der Waals surface area contributed by atoms with Crippen LogP contribution in [-0.4, -0.2) is 15.0 Å². The van der Waals surface area contributed by atoms with Crippen molar-refractivity contribution in [2.75, 3.05) is 11.3 Å². The van der Waals surface area contributed by atoms with Gasteiger partial charge in [0.1, 0.15) is 0 Å². The summed E-state index contributed by atoms with van der Waals surface area (Å²) in [6.07, 6.45) is 0.783. The number of hydrogen-bond acceptors (Lipinski definition) is 3. The Morgan fingerprint density at radius 3 is 2.40 bits per heavy atom. The number of sulfonamides is 1. The van der Waals surface area contributed by atoms with Crippen LogP contribution in [0, 0.1) is 6.92 Å². The normalized spacial score (nSPS) is 11.3. The molecule has 5 heteroatoms. The molecule has 0 unspecified atom stereocenters. The van der Waals surface area contributed by atoms with E-state index in [-0.39, 0.29) is 4.90 Å². The van der Waals surface area contributed by atoms with Gasteiger partial charge >= 0.3 is 0 Å². The van der Waals surface area contributed by atoms with Crippen molar-refractivity contribution >= 4 is 15.7 Å². The molecule has 0 aliphatic heterocycles. The topological polar surface area (TPSA) is 72.2 Å². The summed E-state index contributed by atoms with van der Waals surface area (Å²) in [5.41, 5.74) is 8.02. The van der Waals surface area contributed by atoms with Crippen LogP contribution in [0.2, 0.25) is 0 Å². The molecular formula is C15H18N2O2S. The molecule has 4 nitrogen and oxygen atoms in total. The SMILES string of the molecule is Cc1cccc(S(=O)(=O)Nc2ccc(CCN)cc2)c1. The van der Waals surface area contributed by atoms with Crippen molar-refractivity contribution in [2.24, 2.45) is 5.73 Å². The standard InChI is InChI=1S/C15H18N2O2S/c1-12-3-2-4-15(11-12)20(18,19)17-14-7-5-13(6-8-14)9-10-16/h2-8,11,17H,9-10,16H2,1H3. The molecular weight excluding hydrogens is 272 g/mol. The zero-order valence-electron chi connectivity index (χ0n) is 11.3. The maximum absolute atomic E-state index is 12.2. The van der Waals surface area contributed by atoms with Crippen LogP contribution in [-0.2, 0) is 16.4 Å². The summed E-state index contributed by atoms with van der Waals surface area (Å²) >= 11 is 0. The molecule has 0 aliphatic carbocycles. The van der Waals surface area contributed by atoms with Crippen molar-refractivity contribution in [1.82, 2.24) is 0 Å². The minimum absolute atomic E-state index is 0.267. The van der Waals surface area contributed by atoms with Gasteiger partial charge < -0.3 is 5.73 Å². The Balaban J connectivity index is 2.20. The Morgan fingerprint density at radius 1 is 1.10 bits per heavy atom. The quantitative estimate of drug-likeness (QED) is 0.887. The highest BCUT2D eigenvalue weighted by molar-refractivity contribution is 7.92. The summed E-state index contributed by atoms with van der Waals surface area (Å²) in [7, 11) is -3.54. The molecule has 0 saturated heterocycles. The summed E-state index contributed by atoms with van der Waals surface area (Å²) in [6.45, 7) is 2.44. The van der Waals surface area contributed by atoms with Crippen LogP contribution >= 0.6 is 0 Å². The first-order chi connectivity index (χ1) is 9.51. The Morgan fingerprint density at radius 2 is 1.80 bits per heavy atom. The molecule has 2 aromatic carbocycles. The largest absolute Gasteiger partial charge is 0.330 e. The molecule has 0 amide bonds. The number of benzene rings is 2. The Hall–Kier alpha value is -1.85. The molecule has 20 heavy (non-hydrogen) atoms. The third-order valence-corrected chi connectivity index (χ3v) is 4.32. The van der Waals surface area contributed by atoms with E-state index in [2.05, 4.69) is 4.72 Å². The first-order valence-electron chi connectivity index (χ1n) is 6.40. The predicted molar refractivity (Wildman–Crippen MR) is 81.2 cm³/mol. The van der Waals surface area contributed by atoms with E-state index < -0.39 is 10.0 Å². The molecule has 2 rings (SSSR count). The average Bonchev–Trinajstić information content (AvgIpc) is 2.41. The number of nitrogens with two attached hydrogens (primary N) is 1. The van der Waals surface area contributed by atoms with Crippen molar-refractivity contribution in [3.05, 3.63) is 59.7 Å². The van der Waals surface area contributed by atoms with Crippen LogP contribution in [0.3, 0.4) is 0 Å². The zero-order valence-corrected chi connectivity index (χ0v) is 12.2. The fourth-order valence-electron chi connectivity index (χ4n) is 1.90. The Labute approximate surface area is 119 Å². The molecule has 0 radical (unpaired) electrons.